The molecule has 0 aliphatic heterocycles. The number of hydrogen-bond donors (Lipinski definition) is 5. The van der Waals surface area contributed by atoms with E-state index in [9.17, 15) is 4.79 Å². The summed E-state index contributed by atoms with van der Waals surface area (Å²) in [6.07, 6.45) is 0. The van der Waals surface area contributed by atoms with Crippen molar-refractivity contribution >= 4 is 5.78 Å². The number of benzene rings is 4. The van der Waals surface area contributed by atoms with Gasteiger partial charge in [-0.15, -0.1) is 0 Å². The van der Waals surface area contributed by atoms with E-state index in [0.29, 0.717) is 5.75 Å². The summed E-state index contributed by atoms with van der Waals surface area (Å²) in [5.74, 6) is 0.827. The van der Waals surface area contributed by atoms with Crippen molar-refractivity contribution in [3.8, 4) is 17.2 Å². The number of aromatic hydroxyl groups is 3. The monoisotopic (exact) mass is 624 g/mol. The van der Waals surface area contributed by atoms with Gasteiger partial charge in [-0.1, -0.05) is 93.6 Å². The van der Waals surface area contributed by atoms with Gasteiger partial charge < -0.3 is 20.1 Å². The first-order valence-corrected chi connectivity index (χ1v) is 14.4. The van der Waals surface area contributed by atoms with Gasteiger partial charge in [0.1, 0.15) is 34.2 Å². The van der Waals surface area contributed by atoms with Crippen molar-refractivity contribution in [1.82, 2.24) is 0 Å². The summed E-state index contributed by atoms with van der Waals surface area (Å²) >= 11 is 0. The summed E-state index contributed by atoms with van der Waals surface area (Å²) in [4.78, 5) is 18.2. The average Bonchev–Trinajstić information content (AvgIpc) is 3.00. The molecule has 4 aromatic rings. The van der Waals surface area contributed by atoms with Gasteiger partial charge in [-0.25, -0.2) is 9.78 Å². The van der Waals surface area contributed by atoms with E-state index in [1.54, 1.807) is 24.3 Å². The van der Waals surface area contributed by atoms with Crippen LogP contribution in [0.1, 0.15) is 81.9 Å². The second kappa shape index (κ2) is 19.9. The minimum atomic E-state index is -0.642. The largest absolute Gasteiger partial charge is 1.00 e. The zero-order chi connectivity index (χ0) is 34.7. The van der Waals surface area contributed by atoms with Gasteiger partial charge in [0.2, 0.25) is 0 Å². The Balaban J connectivity index is -0.000000539. The number of hydrogen-bond acceptors (Lipinski definition) is 8. The minimum Gasteiger partial charge on any atom is -0.508 e. The Morgan fingerprint density at radius 1 is 0.489 bits per heavy atom. The summed E-state index contributed by atoms with van der Waals surface area (Å²) in [6, 6.07) is 32.1. The third kappa shape index (κ3) is 18.3. The summed E-state index contributed by atoms with van der Waals surface area (Å²) < 4.78 is 0. The van der Waals surface area contributed by atoms with E-state index in [1.165, 1.54) is 43.7 Å². The molecule has 0 atom stereocenters. The number of phenols is 3. The summed E-state index contributed by atoms with van der Waals surface area (Å²) in [5, 5.41) is 43.2. The molecule has 45 heavy (non-hydrogen) atoms. The summed E-state index contributed by atoms with van der Waals surface area (Å²) in [6.45, 7) is 16.9. The van der Waals surface area contributed by atoms with Crippen LogP contribution in [0, 0.1) is 0 Å². The van der Waals surface area contributed by atoms with Crippen molar-refractivity contribution in [2.24, 2.45) is 0 Å². The van der Waals surface area contributed by atoms with Crippen LogP contribution in [-0.4, -0.2) is 31.6 Å². The van der Waals surface area contributed by atoms with Crippen LogP contribution in [0.3, 0.4) is 0 Å². The SMILES string of the molecule is CC(C)(C)c1ccc(C(C)(C)OO)cc1.CC(C)(OO)c1ccccc1.CC(C)=O.Oc1ccc(O)cc1.Oc1ccccc1.[H+].[H+]. The lowest BCUT2D eigenvalue weighted by Crippen LogP contribution is -2.20. The van der Waals surface area contributed by atoms with Crippen molar-refractivity contribution in [1.29, 1.82) is 0 Å². The molecular weight excluding hydrogens is 572 g/mol. The first kappa shape index (κ1) is 40.8. The molecule has 0 spiro atoms. The van der Waals surface area contributed by atoms with Crippen LogP contribution in [0.5, 0.6) is 17.2 Å². The number of carbonyl (C=O) groups is 1. The number of phenolic OH excluding ortho intramolecular Hbond substituents is 3. The van der Waals surface area contributed by atoms with Crippen LogP contribution in [0.25, 0.3) is 0 Å². The van der Waals surface area contributed by atoms with E-state index < -0.39 is 11.2 Å². The van der Waals surface area contributed by atoms with Crippen LogP contribution in [-0.2, 0) is 31.2 Å². The Morgan fingerprint density at radius 2 is 0.756 bits per heavy atom. The maximum atomic E-state index is 9.44. The first-order valence-electron chi connectivity index (χ1n) is 14.4. The number of carbonyl (C=O) groups excluding carboxylic acids is 1. The lowest BCUT2D eigenvalue weighted by atomic mass is 9.85. The average molecular weight is 625 g/mol. The fourth-order valence-electron chi connectivity index (χ4n) is 3.20. The smallest absolute Gasteiger partial charge is 0.508 e. The predicted octanol–water partition coefficient (Wildman–Crippen LogP) is 9.43. The Morgan fingerprint density at radius 3 is 1.02 bits per heavy atom. The predicted molar refractivity (Wildman–Crippen MR) is 182 cm³/mol. The van der Waals surface area contributed by atoms with Crippen molar-refractivity contribution < 1.29 is 43.3 Å². The zero-order valence-corrected chi connectivity index (χ0v) is 27.9. The molecule has 0 bridgehead atoms. The highest BCUT2D eigenvalue weighted by molar-refractivity contribution is 5.72. The van der Waals surface area contributed by atoms with Crippen LogP contribution >= 0.6 is 0 Å². The normalized spacial score (nSPS) is 10.6. The molecule has 0 aliphatic rings. The lowest BCUT2D eigenvalue weighted by Gasteiger charge is -2.23. The van der Waals surface area contributed by atoms with Gasteiger partial charge in [0, 0.05) is 0 Å². The van der Waals surface area contributed by atoms with Gasteiger partial charge in [0.05, 0.1) is 0 Å². The fraction of sp³-hybridized carbons (Fsp3) is 0.324. The summed E-state index contributed by atoms with van der Waals surface area (Å²) in [7, 11) is 0. The van der Waals surface area contributed by atoms with E-state index in [4.69, 9.17) is 25.8 Å². The summed E-state index contributed by atoms with van der Waals surface area (Å²) in [5.41, 5.74) is 2.11. The third-order valence-corrected chi connectivity index (χ3v) is 5.98. The van der Waals surface area contributed by atoms with E-state index in [-0.39, 0.29) is 25.6 Å². The maximum Gasteiger partial charge on any atom is 1.00 e. The van der Waals surface area contributed by atoms with Gasteiger partial charge in [-0.3, -0.25) is 10.5 Å². The second-order valence-electron chi connectivity index (χ2n) is 12.2. The van der Waals surface area contributed by atoms with Gasteiger partial charge in [0.25, 0.3) is 0 Å². The Labute approximate surface area is 271 Å². The van der Waals surface area contributed by atoms with Crippen molar-refractivity contribution in [2.75, 3.05) is 0 Å². The quantitative estimate of drug-likeness (QED) is 0.0860. The van der Waals surface area contributed by atoms with Gasteiger partial charge in [-0.05, 0) is 100 Å². The Bertz CT molecular complexity index is 1310. The van der Waals surface area contributed by atoms with Crippen molar-refractivity contribution in [3.63, 3.8) is 0 Å². The molecule has 4 rings (SSSR count). The van der Waals surface area contributed by atoms with Gasteiger partial charge >= 0.3 is 2.85 Å². The molecular formula is C37H52O8+2. The first-order chi connectivity index (χ1) is 20.9. The maximum absolute atomic E-state index is 9.44. The van der Waals surface area contributed by atoms with Crippen LogP contribution in [0.4, 0.5) is 0 Å². The Hall–Kier alpha value is -4.21. The zero-order valence-electron chi connectivity index (χ0n) is 29.9. The number of ketones is 1. The highest BCUT2D eigenvalue weighted by Gasteiger charge is 2.22. The number of Topliss-reactive ketones (excluding diaryl/α,β-unsaturated/α-hetero) is 1. The highest BCUT2D eigenvalue weighted by Crippen LogP contribution is 2.27. The molecule has 0 saturated carbocycles. The van der Waals surface area contributed by atoms with E-state index in [0.717, 1.165) is 11.1 Å². The number of para-hydroxylation sites is 1. The lowest BCUT2D eigenvalue weighted by molar-refractivity contribution is -0.318. The molecule has 0 unspecified atom stereocenters. The van der Waals surface area contributed by atoms with E-state index in [1.807, 2.05) is 76.2 Å². The molecule has 246 valence electrons. The van der Waals surface area contributed by atoms with Crippen LogP contribution in [0.2, 0.25) is 0 Å². The molecule has 0 saturated heterocycles. The van der Waals surface area contributed by atoms with Gasteiger partial charge in [0.15, 0.2) is 0 Å². The molecule has 5 N–H and O–H groups in total. The topological polar surface area (TPSA) is 137 Å². The molecule has 0 radical (unpaired) electrons. The van der Waals surface area contributed by atoms with Crippen LogP contribution < -0.4 is 0 Å². The Kier molecular flexibility index (Phi) is 18.1. The number of rotatable bonds is 4. The third-order valence-electron chi connectivity index (χ3n) is 5.98. The van der Waals surface area contributed by atoms with Crippen LogP contribution in [0.15, 0.2) is 109 Å². The second-order valence-corrected chi connectivity index (χ2v) is 12.2. The van der Waals surface area contributed by atoms with Crippen molar-refractivity contribution in [2.45, 2.75) is 78.9 Å². The molecule has 0 aliphatic carbocycles. The standard InChI is InChI=1S/C13H20O2.C9H12O2.C6H6O2.C6H6O.C3H6O/c1-12(2,3)10-6-8-11(9-7-10)13(4,5)15-14;1-9(2,11-10)8-6-4-3-5-7-8;7-5-1-2-6(8)4-3-5;7-6-4-2-1-3-5-6;1-3(2)4/h6-9,14H,1-5H3;3-7,10H,1-2H3;1-4,7-8H;1-5,7H;1-2H3/p+2. The molecule has 0 aromatic heterocycles. The molecule has 8 heteroatoms. The molecule has 4 aromatic carbocycles. The van der Waals surface area contributed by atoms with E-state index in [2.05, 4.69) is 42.7 Å². The molecule has 0 heterocycles. The molecule has 0 amide bonds. The minimum absolute atomic E-state index is 0. The fourth-order valence-corrected chi connectivity index (χ4v) is 3.20. The van der Waals surface area contributed by atoms with Crippen molar-refractivity contribution in [3.05, 3.63) is 126 Å². The molecule has 0 fully saturated rings. The van der Waals surface area contributed by atoms with E-state index >= 15 is 0 Å². The highest BCUT2D eigenvalue weighted by atomic mass is 17.1. The van der Waals surface area contributed by atoms with Gasteiger partial charge in [-0.2, -0.15) is 0 Å². The molecule has 8 nitrogen and oxygen atoms in total.